The Kier molecular flexibility index (Phi) is 5.02. The average molecular weight is 256 g/mol. The van der Waals surface area contributed by atoms with Gasteiger partial charge < -0.3 is 0 Å². The van der Waals surface area contributed by atoms with Gasteiger partial charge in [0, 0.05) is 0 Å². The summed E-state index contributed by atoms with van der Waals surface area (Å²) >= 11 is 12.3. The molecular formula is C11H22Cl2P+. The largest absolute Gasteiger partial charge is 0.208 e. The van der Waals surface area contributed by atoms with Crippen LogP contribution in [-0.4, -0.2) is 12.8 Å². The van der Waals surface area contributed by atoms with E-state index in [9.17, 15) is 0 Å². The first-order chi connectivity index (χ1) is 6.38. The highest BCUT2D eigenvalue weighted by molar-refractivity contribution is 8.16. The number of hydrogen-bond acceptors (Lipinski definition) is 0. The zero-order valence-corrected chi connectivity index (χ0v) is 11.9. The summed E-state index contributed by atoms with van der Waals surface area (Å²) in [5.41, 5.74) is 0. The van der Waals surface area contributed by atoms with Crippen LogP contribution in [0, 0.1) is 17.8 Å². The minimum absolute atomic E-state index is 0.804. The van der Waals surface area contributed by atoms with Crippen molar-refractivity contribution in [3.05, 3.63) is 0 Å². The molecule has 0 aromatic heterocycles. The molecule has 1 aliphatic rings. The summed E-state index contributed by atoms with van der Waals surface area (Å²) in [5.74, 6) is 1.02. The van der Waals surface area contributed by atoms with E-state index in [-0.39, 0.29) is 0 Å². The van der Waals surface area contributed by atoms with Gasteiger partial charge in [0.25, 0.3) is 0 Å². The van der Waals surface area contributed by atoms with Crippen molar-refractivity contribution >= 4 is 28.4 Å². The van der Waals surface area contributed by atoms with E-state index in [0.717, 1.165) is 23.9 Å². The van der Waals surface area contributed by atoms with E-state index in [1.165, 1.54) is 25.7 Å². The highest BCUT2D eigenvalue weighted by Gasteiger charge is 2.34. The van der Waals surface area contributed by atoms with E-state index in [1.54, 1.807) is 0 Å². The Hall–Kier alpha value is 1.01. The topological polar surface area (TPSA) is 0 Å². The Labute approximate surface area is 98.7 Å². The van der Waals surface area contributed by atoms with E-state index in [0.29, 0.717) is 0 Å². The lowest BCUT2D eigenvalue weighted by atomic mass is 9.77. The fourth-order valence-electron chi connectivity index (χ4n) is 2.49. The molecule has 1 rings (SSSR count). The van der Waals surface area contributed by atoms with Crippen molar-refractivity contribution in [2.24, 2.45) is 17.8 Å². The zero-order valence-electron chi connectivity index (χ0n) is 9.47. The van der Waals surface area contributed by atoms with Crippen molar-refractivity contribution in [2.75, 3.05) is 12.8 Å². The predicted octanol–water partition coefficient (Wildman–Crippen LogP) is 5.40. The second kappa shape index (κ2) is 5.37. The van der Waals surface area contributed by atoms with Crippen molar-refractivity contribution in [2.45, 2.75) is 39.5 Å². The van der Waals surface area contributed by atoms with E-state index in [4.69, 9.17) is 22.5 Å². The van der Waals surface area contributed by atoms with Crippen LogP contribution in [0.15, 0.2) is 0 Å². The molecule has 0 radical (unpaired) electrons. The maximum Gasteiger partial charge on any atom is 0.208 e. The molecule has 0 heterocycles. The molecule has 84 valence electrons. The molecule has 1 saturated carbocycles. The standard InChI is InChI=1S/C11H22Cl2P/c1-9(2)11-6-4-10(5-7-11)8-14(3,12)13/h9-11H,4-8H2,1-3H3/q+1. The molecule has 0 amide bonds. The normalized spacial score (nSPS) is 29.6. The Morgan fingerprint density at radius 2 is 1.64 bits per heavy atom. The summed E-state index contributed by atoms with van der Waals surface area (Å²) in [6.07, 6.45) is 6.53. The van der Waals surface area contributed by atoms with Crippen molar-refractivity contribution in [1.82, 2.24) is 0 Å². The summed E-state index contributed by atoms with van der Waals surface area (Å²) in [4.78, 5) is 0. The van der Waals surface area contributed by atoms with Crippen LogP contribution in [0.4, 0.5) is 0 Å². The third-order valence-corrected chi connectivity index (χ3v) is 5.40. The zero-order chi connectivity index (χ0) is 10.8. The van der Waals surface area contributed by atoms with E-state index in [1.807, 2.05) is 6.66 Å². The Morgan fingerprint density at radius 3 is 2.00 bits per heavy atom. The lowest BCUT2D eigenvalue weighted by Gasteiger charge is -2.30. The minimum Gasteiger partial charge on any atom is -0.0625 e. The molecule has 1 aliphatic carbocycles. The molecule has 0 atom stereocenters. The highest BCUT2D eigenvalue weighted by atomic mass is 35.9. The minimum atomic E-state index is -1.58. The summed E-state index contributed by atoms with van der Waals surface area (Å²) in [6, 6.07) is 0. The number of hydrogen-bond donors (Lipinski definition) is 0. The molecule has 0 aromatic rings. The van der Waals surface area contributed by atoms with Gasteiger partial charge in [0.15, 0.2) is 0 Å². The SMILES string of the molecule is CC(C)C1CCC(C[P+](C)(Cl)Cl)CC1. The van der Waals surface area contributed by atoms with E-state index in [2.05, 4.69) is 13.8 Å². The summed E-state index contributed by atoms with van der Waals surface area (Å²) < 4.78 is 0. The molecule has 0 spiro atoms. The number of halogens is 2. The van der Waals surface area contributed by atoms with Gasteiger partial charge in [0.05, 0.1) is 12.8 Å². The maximum atomic E-state index is 6.14. The first-order valence-electron chi connectivity index (χ1n) is 5.63. The third kappa shape index (κ3) is 4.69. The smallest absolute Gasteiger partial charge is 0.0625 e. The van der Waals surface area contributed by atoms with Gasteiger partial charge >= 0.3 is 0 Å². The molecule has 0 unspecified atom stereocenters. The summed E-state index contributed by atoms with van der Waals surface area (Å²) in [7, 11) is 0. The van der Waals surface area contributed by atoms with E-state index < -0.39 is 5.97 Å². The van der Waals surface area contributed by atoms with Crippen LogP contribution in [0.1, 0.15) is 39.5 Å². The lowest BCUT2D eigenvalue weighted by Crippen LogP contribution is -2.20. The molecule has 1 fully saturated rings. The Bertz CT molecular complexity index is 167. The number of rotatable bonds is 3. The van der Waals surface area contributed by atoms with Crippen molar-refractivity contribution in [1.29, 1.82) is 0 Å². The second-order valence-corrected chi connectivity index (χ2v) is 12.4. The van der Waals surface area contributed by atoms with Crippen LogP contribution >= 0.6 is 28.4 Å². The molecule has 0 aliphatic heterocycles. The summed E-state index contributed by atoms with van der Waals surface area (Å²) in [5, 5.41) is 0. The van der Waals surface area contributed by atoms with E-state index >= 15 is 0 Å². The molecule has 0 N–H and O–H groups in total. The molecule has 0 saturated heterocycles. The molecule has 14 heavy (non-hydrogen) atoms. The second-order valence-electron chi connectivity index (χ2n) is 5.16. The lowest BCUT2D eigenvalue weighted by molar-refractivity contribution is 0.236. The maximum absolute atomic E-state index is 6.14. The first-order valence-corrected chi connectivity index (χ1v) is 9.86. The molecule has 0 nitrogen and oxygen atoms in total. The van der Waals surface area contributed by atoms with Crippen LogP contribution < -0.4 is 0 Å². The van der Waals surface area contributed by atoms with Crippen molar-refractivity contribution in [3.63, 3.8) is 0 Å². The highest BCUT2D eigenvalue weighted by Crippen LogP contribution is 2.67. The average Bonchev–Trinajstić information content (AvgIpc) is 2.02. The van der Waals surface area contributed by atoms with Crippen LogP contribution in [0.25, 0.3) is 0 Å². The van der Waals surface area contributed by atoms with Crippen molar-refractivity contribution < 1.29 is 0 Å². The van der Waals surface area contributed by atoms with Crippen LogP contribution in [-0.2, 0) is 0 Å². The van der Waals surface area contributed by atoms with Gasteiger partial charge in [-0.05, 0) is 43.4 Å². The summed E-state index contributed by atoms with van der Waals surface area (Å²) in [6.45, 7) is 6.70. The predicted molar refractivity (Wildman–Crippen MR) is 69.7 cm³/mol. The van der Waals surface area contributed by atoms with Gasteiger partial charge in [0.1, 0.15) is 22.5 Å². The quantitative estimate of drug-likeness (QED) is 0.593. The fraction of sp³-hybridized carbons (Fsp3) is 1.00. The van der Waals surface area contributed by atoms with Gasteiger partial charge in [0.2, 0.25) is 5.97 Å². The van der Waals surface area contributed by atoms with Crippen molar-refractivity contribution in [3.8, 4) is 0 Å². The van der Waals surface area contributed by atoms with Crippen LogP contribution in [0.2, 0.25) is 0 Å². The van der Waals surface area contributed by atoms with Gasteiger partial charge in [-0.2, -0.15) is 0 Å². The molecule has 0 aromatic carbocycles. The molecular weight excluding hydrogens is 234 g/mol. The van der Waals surface area contributed by atoms with Gasteiger partial charge in [-0.3, -0.25) is 0 Å². The monoisotopic (exact) mass is 255 g/mol. The Morgan fingerprint density at radius 1 is 1.14 bits per heavy atom. The van der Waals surface area contributed by atoms with Gasteiger partial charge in [-0.25, -0.2) is 0 Å². The van der Waals surface area contributed by atoms with Gasteiger partial charge in [-0.1, -0.05) is 13.8 Å². The van der Waals surface area contributed by atoms with Crippen LogP contribution in [0.3, 0.4) is 0 Å². The third-order valence-electron chi connectivity index (χ3n) is 3.41. The van der Waals surface area contributed by atoms with Crippen LogP contribution in [0.5, 0.6) is 0 Å². The van der Waals surface area contributed by atoms with Gasteiger partial charge in [-0.15, -0.1) is 0 Å². The fourth-order valence-corrected chi connectivity index (χ4v) is 4.93. The Balaban J connectivity index is 2.29. The molecule has 0 bridgehead atoms. The first kappa shape index (κ1) is 13.1. The molecule has 3 heteroatoms.